The molecule has 0 spiro atoms. The number of carbonyl (C=O) groups excluding carboxylic acids is 1. The van der Waals surface area contributed by atoms with Crippen molar-refractivity contribution in [2.24, 2.45) is 0 Å². The molecule has 0 atom stereocenters. The highest BCUT2D eigenvalue weighted by molar-refractivity contribution is 7.15. The van der Waals surface area contributed by atoms with Crippen LogP contribution >= 0.6 is 11.3 Å². The van der Waals surface area contributed by atoms with Gasteiger partial charge in [-0.25, -0.2) is 4.98 Å². The summed E-state index contributed by atoms with van der Waals surface area (Å²) in [7, 11) is 0. The minimum Gasteiger partial charge on any atom is -0.462 e. The number of furan rings is 1. The lowest BCUT2D eigenvalue weighted by Gasteiger charge is -2.05. The summed E-state index contributed by atoms with van der Waals surface area (Å²) < 4.78 is 5.33. The number of thiazole rings is 1. The second kappa shape index (κ2) is 6.86. The molecular weight excluding hydrogens is 342 g/mol. The molecule has 0 fully saturated rings. The van der Waals surface area contributed by atoms with Gasteiger partial charge in [0.25, 0.3) is 11.6 Å². The van der Waals surface area contributed by atoms with E-state index in [0.29, 0.717) is 23.4 Å². The Morgan fingerprint density at radius 3 is 2.80 bits per heavy atom. The van der Waals surface area contributed by atoms with Gasteiger partial charge in [-0.1, -0.05) is 0 Å². The summed E-state index contributed by atoms with van der Waals surface area (Å²) in [6.45, 7) is 3.82. The Morgan fingerprint density at radius 2 is 2.16 bits per heavy atom. The molecule has 0 bridgehead atoms. The van der Waals surface area contributed by atoms with Crippen LogP contribution < -0.4 is 5.32 Å². The number of nitro groups is 1. The van der Waals surface area contributed by atoms with Crippen molar-refractivity contribution in [3.63, 3.8) is 0 Å². The molecule has 128 valence electrons. The molecule has 3 rings (SSSR count). The highest BCUT2D eigenvalue weighted by atomic mass is 32.1. The van der Waals surface area contributed by atoms with Crippen LogP contribution in [0.3, 0.4) is 0 Å². The molecule has 0 aliphatic heterocycles. The number of carbonyl (C=O) groups is 1. The van der Waals surface area contributed by atoms with Crippen molar-refractivity contribution in [2.75, 3.05) is 0 Å². The zero-order valence-corrected chi connectivity index (χ0v) is 14.4. The minimum absolute atomic E-state index is 0.00191. The number of aryl methyl sites for hydroxylation is 2. The van der Waals surface area contributed by atoms with Gasteiger partial charge in [-0.05, 0) is 38.1 Å². The Morgan fingerprint density at radius 1 is 1.36 bits per heavy atom. The number of rotatable bonds is 5. The standard InChI is InChI=1S/C17H15N3O4S/c1-10-8-12(5-6-13(10)20(22)23)16(21)18-9-15-11(2)19-17(25-15)14-4-3-7-24-14/h3-8H,9H2,1-2H3,(H,18,21). The summed E-state index contributed by atoms with van der Waals surface area (Å²) in [5.41, 5.74) is 1.66. The summed E-state index contributed by atoms with van der Waals surface area (Å²) in [5.74, 6) is 0.405. The maximum Gasteiger partial charge on any atom is 0.272 e. The molecule has 7 nitrogen and oxygen atoms in total. The van der Waals surface area contributed by atoms with Crippen LogP contribution in [0.4, 0.5) is 5.69 Å². The van der Waals surface area contributed by atoms with Crippen molar-refractivity contribution in [2.45, 2.75) is 20.4 Å². The number of nitrogens with zero attached hydrogens (tertiary/aromatic N) is 2. The van der Waals surface area contributed by atoms with E-state index in [1.165, 1.54) is 29.5 Å². The van der Waals surface area contributed by atoms with E-state index < -0.39 is 4.92 Å². The summed E-state index contributed by atoms with van der Waals surface area (Å²) in [5, 5.41) is 14.4. The monoisotopic (exact) mass is 357 g/mol. The molecule has 1 amide bonds. The SMILES string of the molecule is Cc1cc(C(=O)NCc2sc(-c3ccco3)nc2C)ccc1[N+](=O)[O-]. The fourth-order valence-corrected chi connectivity index (χ4v) is 3.33. The zero-order chi connectivity index (χ0) is 18.0. The van der Waals surface area contributed by atoms with Crippen LogP contribution in [0.5, 0.6) is 0 Å². The normalized spacial score (nSPS) is 10.6. The molecule has 0 saturated heterocycles. The van der Waals surface area contributed by atoms with Crippen LogP contribution in [0.2, 0.25) is 0 Å². The van der Waals surface area contributed by atoms with Gasteiger partial charge in [0, 0.05) is 22.1 Å². The van der Waals surface area contributed by atoms with Gasteiger partial charge in [0.15, 0.2) is 10.8 Å². The molecule has 25 heavy (non-hydrogen) atoms. The summed E-state index contributed by atoms with van der Waals surface area (Å²) in [4.78, 5) is 28.0. The van der Waals surface area contributed by atoms with Gasteiger partial charge >= 0.3 is 0 Å². The minimum atomic E-state index is -0.464. The summed E-state index contributed by atoms with van der Waals surface area (Å²) >= 11 is 1.46. The average Bonchev–Trinajstić information content (AvgIpc) is 3.21. The first-order valence-electron chi connectivity index (χ1n) is 7.49. The van der Waals surface area contributed by atoms with Crippen molar-refractivity contribution in [3.8, 4) is 10.8 Å². The average molecular weight is 357 g/mol. The maximum absolute atomic E-state index is 12.3. The van der Waals surface area contributed by atoms with Crippen LogP contribution in [0, 0.1) is 24.0 Å². The Hall–Kier alpha value is -3.00. The van der Waals surface area contributed by atoms with Crippen LogP contribution in [0.15, 0.2) is 41.0 Å². The van der Waals surface area contributed by atoms with E-state index in [0.717, 1.165) is 15.6 Å². The molecular formula is C17H15N3O4S. The first-order chi connectivity index (χ1) is 12.0. The Labute approximate surface area is 147 Å². The highest BCUT2D eigenvalue weighted by Gasteiger charge is 2.15. The number of amides is 1. The van der Waals surface area contributed by atoms with Gasteiger partial charge in [-0.2, -0.15) is 0 Å². The molecule has 0 saturated carbocycles. The van der Waals surface area contributed by atoms with E-state index in [2.05, 4.69) is 10.3 Å². The molecule has 0 unspecified atom stereocenters. The van der Waals surface area contributed by atoms with E-state index in [1.54, 1.807) is 19.3 Å². The van der Waals surface area contributed by atoms with Gasteiger partial charge < -0.3 is 9.73 Å². The van der Waals surface area contributed by atoms with Crippen molar-refractivity contribution in [3.05, 3.63) is 68.4 Å². The summed E-state index contributed by atoms with van der Waals surface area (Å²) in [6.07, 6.45) is 1.59. The summed E-state index contributed by atoms with van der Waals surface area (Å²) in [6, 6.07) is 7.94. The molecule has 2 aromatic heterocycles. The van der Waals surface area contributed by atoms with Gasteiger partial charge in [0.05, 0.1) is 23.4 Å². The third-order valence-electron chi connectivity index (χ3n) is 3.69. The van der Waals surface area contributed by atoms with E-state index in [4.69, 9.17) is 4.42 Å². The Balaban J connectivity index is 1.70. The zero-order valence-electron chi connectivity index (χ0n) is 13.6. The molecule has 8 heteroatoms. The van der Waals surface area contributed by atoms with Crippen LogP contribution in [-0.2, 0) is 6.54 Å². The van der Waals surface area contributed by atoms with Crippen molar-refractivity contribution < 1.29 is 14.1 Å². The fourth-order valence-electron chi connectivity index (χ4n) is 2.36. The second-order valence-electron chi connectivity index (χ2n) is 5.45. The Kier molecular flexibility index (Phi) is 4.62. The first-order valence-corrected chi connectivity index (χ1v) is 8.31. The number of aromatic nitrogens is 1. The van der Waals surface area contributed by atoms with E-state index >= 15 is 0 Å². The fraction of sp³-hybridized carbons (Fsp3) is 0.176. The quantitative estimate of drug-likeness (QED) is 0.552. The van der Waals surface area contributed by atoms with Gasteiger partial charge in [0.1, 0.15) is 0 Å². The van der Waals surface area contributed by atoms with Crippen LogP contribution in [0.1, 0.15) is 26.5 Å². The topological polar surface area (TPSA) is 98.3 Å². The molecule has 1 aromatic carbocycles. The van der Waals surface area contributed by atoms with Crippen molar-refractivity contribution in [1.29, 1.82) is 0 Å². The molecule has 0 radical (unpaired) electrons. The molecule has 3 aromatic rings. The third-order valence-corrected chi connectivity index (χ3v) is 4.86. The molecule has 2 heterocycles. The van der Waals surface area contributed by atoms with Gasteiger partial charge in [0.2, 0.25) is 0 Å². The number of nitro benzene ring substituents is 1. The predicted molar refractivity (Wildman–Crippen MR) is 93.6 cm³/mol. The number of hydrogen-bond donors (Lipinski definition) is 1. The smallest absolute Gasteiger partial charge is 0.272 e. The van der Waals surface area contributed by atoms with E-state index in [9.17, 15) is 14.9 Å². The first kappa shape index (κ1) is 16.8. The number of hydrogen-bond acceptors (Lipinski definition) is 6. The molecule has 1 N–H and O–H groups in total. The Bertz CT molecular complexity index is 932. The molecule has 0 aliphatic rings. The van der Waals surface area contributed by atoms with E-state index in [-0.39, 0.29) is 11.6 Å². The highest BCUT2D eigenvalue weighted by Crippen LogP contribution is 2.28. The maximum atomic E-state index is 12.3. The predicted octanol–water partition coefficient (Wildman–Crippen LogP) is 3.86. The van der Waals surface area contributed by atoms with Crippen LogP contribution in [-0.4, -0.2) is 15.8 Å². The number of nitrogens with one attached hydrogen (secondary N) is 1. The largest absolute Gasteiger partial charge is 0.462 e. The lowest BCUT2D eigenvalue weighted by atomic mass is 10.1. The van der Waals surface area contributed by atoms with Crippen molar-refractivity contribution >= 4 is 22.9 Å². The third kappa shape index (κ3) is 3.58. The lowest BCUT2D eigenvalue weighted by Crippen LogP contribution is -2.22. The van der Waals surface area contributed by atoms with Gasteiger partial charge in [-0.15, -0.1) is 11.3 Å². The van der Waals surface area contributed by atoms with Crippen LogP contribution in [0.25, 0.3) is 10.8 Å². The van der Waals surface area contributed by atoms with Gasteiger partial charge in [-0.3, -0.25) is 14.9 Å². The second-order valence-corrected chi connectivity index (χ2v) is 6.53. The molecule has 0 aliphatic carbocycles. The lowest BCUT2D eigenvalue weighted by molar-refractivity contribution is -0.385. The number of benzene rings is 1. The van der Waals surface area contributed by atoms with E-state index in [1.807, 2.05) is 13.0 Å². The van der Waals surface area contributed by atoms with Crippen molar-refractivity contribution in [1.82, 2.24) is 10.3 Å².